The molecule has 2 heterocycles. The highest BCUT2D eigenvalue weighted by atomic mass is 16.6. The summed E-state index contributed by atoms with van der Waals surface area (Å²) in [6.07, 6.45) is 0.0628. The zero-order valence-electron chi connectivity index (χ0n) is 11.6. The lowest BCUT2D eigenvalue weighted by Gasteiger charge is -2.30. The standard InChI is InChI=1S/C12H19N5O3/c1-13-11-5-9(17(18)19)6-12(15-11)14-7-10-8-16(2)3-4-20-10/h5-6,10H,3-4,7-8H2,1-2H3,(H2,13,14,15). The fourth-order valence-electron chi connectivity index (χ4n) is 2.05. The summed E-state index contributed by atoms with van der Waals surface area (Å²) in [6, 6.07) is 2.82. The summed E-state index contributed by atoms with van der Waals surface area (Å²) in [4.78, 5) is 16.9. The summed E-state index contributed by atoms with van der Waals surface area (Å²) in [5.74, 6) is 0.934. The van der Waals surface area contributed by atoms with E-state index in [1.807, 2.05) is 7.05 Å². The second kappa shape index (κ2) is 6.49. The summed E-state index contributed by atoms with van der Waals surface area (Å²) >= 11 is 0. The van der Waals surface area contributed by atoms with Gasteiger partial charge in [0.1, 0.15) is 11.6 Å². The van der Waals surface area contributed by atoms with Crippen LogP contribution >= 0.6 is 0 Å². The summed E-state index contributed by atoms with van der Waals surface area (Å²) in [7, 11) is 3.72. The molecule has 0 aliphatic carbocycles. The van der Waals surface area contributed by atoms with Crippen molar-refractivity contribution in [2.45, 2.75) is 6.10 Å². The van der Waals surface area contributed by atoms with Gasteiger partial charge in [-0.3, -0.25) is 10.1 Å². The SMILES string of the molecule is CNc1cc([N+](=O)[O-])cc(NCC2CN(C)CCO2)n1. The van der Waals surface area contributed by atoms with E-state index in [1.165, 1.54) is 12.1 Å². The Hall–Kier alpha value is -1.93. The van der Waals surface area contributed by atoms with Crippen molar-refractivity contribution in [1.29, 1.82) is 0 Å². The van der Waals surface area contributed by atoms with Gasteiger partial charge < -0.3 is 20.3 Å². The Bertz CT molecular complexity index is 482. The average molecular weight is 281 g/mol. The molecule has 8 heteroatoms. The Labute approximate surface area is 117 Å². The maximum absolute atomic E-state index is 10.9. The third-order valence-corrected chi connectivity index (χ3v) is 3.13. The normalized spacial score (nSPS) is 19.6. The van der Waals surface area contributed by atoms with Crippen LogP contribution in [0.5, 0.6) is 0 Å². The smallest absolute Gasteiger partial charge is 0.276 e. The van der Waals surface area contributed by atoms with Gasteiger partial charge in [0.25, 0.3) is 5.69 Å². The summed E-state index contributed by atoms with van der Waals surface area (Å²) in [5.41, 5.74) is 0.00790. The predicted molar refractivity (Wildman–Crippen MR) is 76.2 cm³/mol. The average Bonchev–Trinajstić information content (AvgIpc) is 2.45. The van der Waals surface area contributed by atoms with E-state index >= 15 is 0 Å². The number of aromatic nitrogens is 1. The van der Waals surface area contributed by atoms with E-state index in [4.69, 9.17) is 4.74 Å². The molecule has 1 aliphatic heterocycles. The molecule has 0 amide bonds. The molecule has 1 atom stereocenters. The van der Waals surface area contributed by atoms with Gasteiger partial charge in [-0.25, -0.2) is 4.98 Å². The van der Waals surface area contributed by atoms with Crippen LogP contribution in [0.2, 0.25) is 0 Å². The fourth-order valence-corrected chi connectivity index (χ4v) is 2.05. The molecule has 1 unspecified atom stereocenters. The number of rotatable bonds is 5. The van der Waals surface area contributed by atoms with Crippen molar-refractivity contribution in [3.05, 3.63) is 22.2 Å². The maximum atomic E-state index is 10.9. The Morgan fingerprint density at radius 2 is 2.30 bits per heavy atom. The van der Waals surface area contributed by atoms with Gasteiger partial charge in [0, 0.05) is 26.7 Å². The number of hydrogen-bond donors (Lipinski definition) is 2. The number of hydrogen-bond acceptors (Lipinski definition) is 7. The predicted octanol–water partition coefficient (Wildman–Crippen LogP) is 0.774. The first-order valence-electron chi connectivity index (χ1n) is 6.46. The first-order valence-corrected chi connectivity index (χ1v) is 6.46. The van der Waals surface area contributed by atoms with E-state index in [-0.39, 0.29) is 11.8 Å². The lowest BCUT2D eigenvalue weighted by atomic mass is 10.3. The van der Waals surface area contributed by atoms with Crippen molar-refractivity contribution in [2.24, 2.45) is 0 Å². The molecule has 2 N–H and O–H groups in total. The van der Waals surface area contributed by atoms with Crippen molar-refractivity contribution in [2.75, 3.05) is 51.0 Å². The van der Waals surface area contributed by atoms with Crippen LogP contribution in [0.15, 0.2) is 12.1 Å². The highest BCUT2D eigenvalue weighted by molar-refractivity contribution is 5.54. The van der Waals surface area contributed by atoms with E-state index in [9.17, 15) is 10.1 Å². The van der Waals surface area contributed by atoms with E-state index in [0.29, 0.717) is 24.8 Å². The largest absolute Gasteiger partial charge is 0.374 e. The third-order valence-electron chi connectivity index (χ3n) is 3.13. The third kappa shape index (κ3) is 3.78. The molecule has 1 saturated heterocycles. The van der Waals surface area contributed by atoms with E-state index in [2.05, 4.69) is 20.5 Å². The van der Waals surface area contributed by atoms with Gasteiger partial charge in [0.2, 0.25) is 0 Å². The number of likely N-dealkylation sites (N-methyl/N-ethyl adjacent to an activating group) is 1. The quantitative estimate of drug-likeness (QED) is 0.608. The van der Waals surface area contributed by atoms with Gasteiger partial charge in [0.15, 0.2) is 0 Å². The molecule has 0 spiro atoms. The Morgan fingerprint density at radius 3 is 2.95 bits per heavy atom. The Balaban J connectivity index is 2.01. The summed E-state index contributed by atoms with van der Waals surface area (Å²) < 4.78 is 5.62. The number of morpholine rings is 1. The molecule has 1 fully saturated rings. The molecule has 110 valence electrons. The van der Waals surface area contributed by atoms with Crippen LogP contribution in [0, 0.1) is 10.1 Å². The molecule has 0 aromatic carbocycles. The van der Waals surface area contributed by atoms with E-state index in [1.54, 1.807) is 7.05 Å². The van der Waals surface area contributed by atoms with Crippen molar-refractivity contribution in [1.82, 2.24) is 9.88 Å². The van der Waals surface area contributed by atoms with Crippen LogP contribution in [0.1, 0.15) is 0 Å². The van der Waals surface area contributed by atoms with E-state index in [0.717, 1.165) is 13.1 Å². The fraction of sp³-hybridized carbons (Fsp3) is 0.583. The minimum atomic E-state index is -0.432. The number of nitro groups is 1. The van der Waals surface area contributed by atoms with Gasteiger partial charge in [0.05, 0.1) is 29.8 Å². The highest BCUT2D eigenvalue weighted by Crippen LogP contribution is 2.20. The molecular weight excluding hydrogens is 262 g/mol. The molecule has 20 heavy (non-hydrogen) atoms. The van der Waals surface area contributed by atoms with E-state index < -0.39 is 4.92 Å². The second-order valence-electron chi connectivity index (χ2n) is 4.74. The first-order chi connectivity index (χ1) is 9.58. The monoisotopic (exact) mass is 281 g/mol. The van der Waals surface area contributed by atoms with Crippen LogP contribution < -0.4 is 10.6 Å². The van der Waals surface area contributed by atoms with Gasteiger partial charge in [-0.05, 0) is 7.05 Å². The van der Waals surface area contributed by atoms with Crippen molar-refractivity contribution in [3.63, 3.8) is 0 Å². The minimum Gasteiger partial charge on any atom is -0.374 e. The molecule has 1 aliphatic rings. The zero-order valence-corrected chi connectivity index (χ0v) is 11.6. The molecule has 0 bridgehead atoms. The molecule has 0 radical (unpaired) electrons. The van der Waals surface area contributed by atoms with Gasteiger partial charge >= 0.3 is 0 Å². The molecule has 0 saturated carbocycles. The number of nitrogens with zero attached hydrogens (tertiary/aromatic N) is 3. The molecule has 2 rings (SSSR count). The topological polar surface area (TPSA) is 92.6 Å². The van der Waals surface area contributed by atoms with Crippen LogP contribution in [-0.2, 0) is 4.74 Å². The van der Waals surface area contributed by atoms with Crippen LogP contribution in [0.25, 0.3) is 0 Å². The maximum Gasteiger partial charge on any atom is 0.276 e. The molecule has 1 aromatic rings. The lowest BCUT2D eigenvalue weighted by molar-refractivity contribution is -0.384. The van der Waals surface area contributed by atoms with Crippen molar-refractivity contribution >= 4 is 17.3 Å². The van der Waals surface area contributed by atoms with Gasteiger partial charge in [-0.15, -0.1) is 0 Å². The first kappa shape index (κ1) is 14.5. The van der Waals surface area contributed by atoms with Crippen LogP contribution in [0.4, 0.5) is 17.3 Å². The zero-order chi connectivity index (χ0) is 14.5. The van der Waals surface area contributed by atoms with Crippen molar-refractivity contribution in [3.8, 4) is 0 Å². The molecule has 1 aromatic heterocycles. The number of nitrogens with one attached hydrogen (secondary N) is 2. The van der Waals surface area contributed by atoms with Crippen molar-refractivity contribution < 1.29 is 9.66 Å². The van der Waals surface area contributed by atoms with Gasteiger partial charge in [-0.1, -0.05) is 0 Å². The number of anilines is 2. The Kier molecular flexibility index (Phi) is 4.70. The second-order valence-corrected chi connectivity index (χ2v) is 4.74. The minimum absolute atomic E-state index is 0.00790. The lowest BCUT2D eigenvalue weighted by Crippen LogP contribution is -2.43. The summed E-state index contributed by atoms with van der Waals surface area (Å²) in [5, 5.41) is 16.8. The van der Waals surface area contributed by atoms with Crippen LogP contribution in [-0.4, -0.2) is 61.2 Å². The number of ether oxygens (including phenoxy) is 1. The van der Waals surface area contributed by atoms with Crippen LogP contribution in [0.3, 0.4) is 0 Å². The highest BCUT2D eigenvalue weighted by Gasteiger charge is 2.18. The van der Waals surface area contributed by atoms with Gasteiger partial charge in [-0.2, -0.15) is 0 Å². The number of pyridine rings is 1. The summed E-state index contributed by atoms with van der Waals surface area (Å²) in [6.45, 7) is 3.03. The molecule has 8 nitrogen and oxygen atoms in total. The molecular formula is C12H19N5O3. The Morgan fingerprint density at radius 1 is 1.55 bits per heavy atom.